The average molecular weight is 443 g/mol. The number of nitrogens with two attached hydrogens (primary N) is 1. The van der Waals surface area contributed by atoms with Crippen LogP contribution in [0.4, 0.5) is 0 Å². The van der Waals surface area contributed by atoms with Crippen molar-refractivity contribution in [3.05, 3.63) is 46.8 Å². The quantitative estimate of drug-likeness (QED) is 0.408. The highest BCUT2D eigenvalue weighted by molar-refractivity contribution is 14.0. The molecule has 0 aliphatic heterocycles. The third-order valence-corrected chi connectivity index (χ3v) is 3.95. The van der Waals surface area contributed by atoms with Crippen LogP contribution in [-0.4, -0.2) is 29.4 Å². The van der Waals surface area contributed by atoms with Crippen LogP contribution >= 0.6 is 24.0 Å². The first-order valence-electron chi connectivity index (χ1n) is 7.67. The Balaban J connectivity index is 0.00000288. The van der Waals surface area contributed by atoms with Gasteiger partial charge < -0.3 is 15.8 Å². The highest BCUT2D eigenvalue weighted by atomic mass is 127. The van der Waals surface area contributed by atoms with E-state index in [4.69, 9.17) is 10.5 Å². The Morgan fingerprint density at radius 3 is 2.67 bits per heavy atom. The molecular weight excluding hydrogens is 417 g/mol. The fourth-order valence-electron chi connectivity index (χ4n) is 2.55. The first-order chi connectivity index (χ1) is 11.0. The van der Waals surface area contributed by atoms with Crippen molar-refractivity contribution < 1.29 is 4.74 Å². The van der Waals surface area contributed by atoms with Gasteiger partial charge in [-0.3, -0.25) is 4.68 Å². The number of methoxy groups -OCH3 is 1. The molecule has 0 saturated carbocycles. The van der Waals surface area contributed by atoms with E-state index in [0.29, 0.717) is 12.5 Å². The standard InChI is InChI=1S/C17H25N5O.HI/c1-12-15(13(2)22(3)21-12)9-10-19-17(18)20-11-14-7-5-6-8-16(14)23-4;/h5-8H,9-11H2,1-4H3,(H3,18,19,20);1H. The third kappa shape index (κ3) is 5.12. The molecule has 0 aliphatic carbocycles. The molecule has 0 fully saturated rings. The molecule has 0 radical (unpaired) electrons. The Kier molecular flexibility index (Phi) is 8.03. The van der Waals surface area contributed by atoms with Gasteiger partial charge in [0.1, 0.15) is 5.75 Å². The minimum atomic E-state index is 0. The number of halogens is 1. The molecule has 1 heterocycles. The van der Waals surface area contributed by atoms with Gasteiger partial charge in [0.15, 0.2) is 5.96 Å². The summed E-state index contributed by atoms with van der Waals surface area (Å²) in [7, 11) is 3.62. The number of aromatic nitrogens is 2. The van der Waals surface area contributed by atoms with Crippen LogP contribution in [0.2, 0.25) is 0 Å². The molecule has 132 valence electrons. The van der Waals surface area contributed by atoms with Gasteiger partial charge in [-0.25, -0.2) is 4.99 Å². The summed E-state index contributed by atoms with van der Waals surface area (Å²) in [5.74, 6) is 1.26. The molecule has 0 atom stereocenters. The fraction of sp³-hybridized carbons (Fsp3) is 0.412. The van der Waals surface area contributed by atoms with E-state index < -0.39 is 0 Å². The van der Waals surface area contributed by atoms with Crippen molar-refractivity contribution in [1.29, 1.82) is 0 Å². The summed E-state index contributed by atoms with van der Waals surface area (Å²) in [6.45, 7) is 5.33. The Hall–Kier alpha value is -1.77. The number of rotatable bonds is 6. The second kappa shape index (κ2) is 9.51. The molecule has 3 N–H and O–H groups in total. The number of aliphatic imine (C=N–C) groups is 1. The summed E-state index contributed by atoms with van der Waals surface area (Å²) in [4.78, 5) is 4.37. The third-order valence-electron chi connectivity index (χ3n) is 3.95. The highest BCUT2D eigenvalue weighted by Gasteiger charge is 2.08. The van der Waals surface area contributed by atoms with E-state index in [1.54, 1.807) is 7.11 Å². The van der Waals surface area contributed by atoms with Crippen LogP contribution < -0.4 is 15.8 Å². The molecular formula is C17H26IN5O. The Morgan fingerprint density at radius 1 is 1.33 bits per heavy atom. The predicted molar refractivity (Wildman–Crippen MR) is 108 cm³/mol. The van der Waals surface area contributed by atoms with E-state index >= 15 is 0 Å². The Bertz CT molecular complexity index is 696. The van der Waals surface area contributed by atoms with E-state index in [1.165, 1.54) is 11.3 Å². The number of para-hydroxylation sites is 1. The molecule has 0 amide bonds. The van der Waals surface area contributed by atoms with Crippen LogP contribution in [0.25, 0.3) is 0 Å². The monoisotopic (exact) mass is 443 g/mol. The molecule has 0 aliphatic rings. The number of ether oxygens (including phenoxy) is 1. The molecule has 6 nitrogen and oxygen atoms in total. The first kappa shape index (κ1) is 20.3. The van der Waals surface area contributed by atoms with Crippen LogP contribution in [0.1, 0.15) is 22.5 Å². The lowest BCUT2D eigenvalue weighted by molar-refractivity contribution is 0.410. The van der Waals surface area contributed by atoms with E-state index in [9.17, 15) is 0 Å². The summed E-state index contributed by atoms with van der Waals surface area (Å²) in [6, 6.07) is 7.80. The van der Waals surface area contributed by atoms with Gasteiger partial charge >= 0.3 is 0 Å². The minimum absolute atomic E-state index is 0. The van der Waals surface area contributed by atoms with Gasteiger partial charge in [0.25, 0.3) is 0 Å². The molecule has 2 aromatic rings. The van der Waals surface area contributed by atoms with Crippen LogP contribution in [0.15, 0.2) is 29.3 Å². The molecule has 1 aromatic heterocycles. The lowest BCUT2D eigenvalue weighted by atomic mass is 10.1. The van der Waals surface area contributed by atoms with Gasteiger partial charge in [-0.2, -0.15) is 5.10 Å². The van der Waals surface area contributed by atoms with Crippen LogP contribution in [0, 0.1) is 13.8 Å². The number of hydrogen-bond donors (Lipinski definition) is 2. The highest BCUT2D eigenvalue weighted by Crippen LogP contribution is 2.17. The molecule has 0 spiro atoms. The van der Waals surface area contributed by atoms with E-state index in [2.05, 4.69) is 22.3 Å². The van der Waals surface area contributed by atoms with Crippen LogP contribution in [-0.2, 0) is 20.0 Å². The lowest BCUT2D eigenvalue weighted by Crippen LogP contribution is -2.33. The maximum absolute atomic E-state index is 5.94. The molecule has 2 rings (SSSR count). The SMILES string of the molecule is COc1ccccc1CN=C(N)NCCc1c(C)nn(C)c1C.I. The van der Waals surface area contributed by atoms with Gasteiger partial charge in [0.2, 0.25) is 0 Å². The maximum Gasteiger partial charge on any atom is 0.188 e. The zero-order valence-corrected chi connectivity index (χ0v) is 17.0. The van der Waals surface area contributed by atoms with Gasteiger partial charge in [-0.1, -0.05) is 18.2 Å². The molecule has 0 bridgehead atoms. The van der Waals surface area contributed by atoms with Crippen molar-refractivity contribution in [2.75, 3.05) is 13.7 Å². The van der Waals surface area contributed by atoms with Crippen molar-refractivity contribution >= 4 is 29.9 Å². The van der Waals surface area contributed by atoms with E-state index in [-0.39, 0.29) is 24.0 Å². The molecule has 0 saturated heterocycles. The zero-order valence-electron chi connectivity index (χ0n) is 14.7. The molecule has 24 heavy (non-hydrogen) atoms. The van der Waals surface area contributed by atoms with Crippen molar-refractivity contribution in [2.45, 2.75) is 26.8 Å². The van der Waals surface area contributed by atoms with E-state index in [0.717, 1.165) is 30.0 Å². The predicted octanol–water partition coefficient (Wildman–Crippen LogP) is 2.31. The number of benzene rings is 1. The lowest BCUT2D eigenvalue weighted by Gasteiger charge is -2.08. The van der Waals surface area contributed by atoms with Crippen molar-refractivity contribution in [3.8, 4) is 5.75 Å². The van der Waals surface area contributed by atoms with Gasteiger partial charge in [-0.05, 0) is 31.9 Å². The van der Waals surface area contributed by atoms with Crippen LogP contribution in [0.3, 0.4) is 0 Å². The second-order valence-electron chi connectivity index (χ2n) is 5.46. The van der Waals surface area contributed by atoms with Crippen molar-refractivity contribution in [1.82, 2.24) is 15.1 Å². The summed E-state index contributed by atoms with van der Waals surface area (Å²) in [5.41, 5.74) is 10.5. The second-order valence-corrected chi connectivity index (χ2v) is 5.46. The summed E-state index contributed by atoms with van der Waals surface area (Å²) in [5, 5.41) is 7.57. The van der Waals surface area contributed by atoms with Crippen molar-refractivity contribution in [3.63, 3.8) is 0 Å². The number of guanidine groups is 1. The number of aryl methyl sites for hydroxylation is 2. The maximum atomic E-state index is 5.94. The number of hydrogen-bond acceptors (Lipinski definition) is 3. The zero-order chi connectivity index (χ0) is 16.8. The number of nitrogens with zero attached hydrogens (tertiary/aromatic N) is 3. The Morgan fingerprint density at radius 2 is 2.04 bits per heavy atom. The fourth-order valence-corrected chi connectivity index (χ4v) is 2.55. The van der Waals surface area contributed by atoms with Crippen LogP contribution in [0.5, 0.6) is 5.75 Å². The normalized spacial score (nSPS) is 11.1. The Labute approximate surface area is 160 Å². The average Bonchev–Trinajstić information content (AvgIpc) is 2.79. The summed E-state index contributed by atoms with van der Waals surface area (Å²) >= 11 is 0. The molecule has 0 unspecified atom stereocenters. The smallest absolute Gasteiger partial charge is 0.188 e. The number of nitrogens with one attached hydrogen (secondary N) is 1. The topological polar surface area (TPSA) is 77.5 Å². The summed E-state index contributed by atoms with van der Waals surface area (Å²) in [6.07, 6.45) is 0.871. The van der Waals surface area contributed by atoms with Crippen molar-refractivity contribution in [2.24, 2.45) is 17.8 Å². The summed E-state index contributed by atoms with van der Waals surface area (Å²) < 4.78 is 7.21. The first-order valence-corrected chi connectivity index (χ1v) is 7.67. The van der Waals surface area contributed by atoms with Gasteiger partial charge in [0.05, 0.1) is 19.3 Å². The van der Waals surface area contributed by atoms with Gasteiger partial charge in [-0.15, -0.1) is 24.0 Å². The molecule has 7 heteroatoms. The van der Waals surface area contributed by atoms with E-state index in [1.807, 2.05) is 42.9 Å². The van der Waals surface area contributed by atoms with Gasteiger partial charge in [0, 0.05) is 24.8 Å². The minimum Gasteiger partial charge on any atom is -0.496 e. The molecule has 1 aromatic carbocycles. The largest absolute Gasteiger partial charge is 0.496 e.